The summed E-state index contributed by atoms with van der Waals surface area (Å²) in [6.07, 6.45) is 2.43. The van der Waals surface area contributed by atoms with Crippen molar-refractivity contribution in [2.75, 3.05) is 11.1 Å². The summed E-state index contributed by atoms with van der Waals surface area (Å²) in [5.74, 6) is 1.02. The summed E-state index contributed by atoms with van der Waals surface area (Å²) in [7, 11) is 0. The highest BCUT2D eigenvalue weighted by atomic mass is 32.1. The Morgan fingerprint density at radius 3 is 2.93 bits per heavy atom. The number of hydrogen-bond acceptors (Lipinski definition) is 5. The topological polar surface area (TPSA) is 74.7 Å². The molecule has 2 atom stereocenters. The van der Waals surface area contributed by atoms with Crippen molar-refractivity contribution in [1.29, 1.82) is 5.26 Å². The van der Waals surface area contributed by atoms with Crippen LogP contribution in [0.4, 0.5) is 10.8 Å². The van der Waals surface area contributed by atoms with Gasteiger partial charge < -0.3 is 11.1 Å². The van der Waals surface area contributed by atoms with Gasteiger partial charge in [-0.15, -0.1) is 0 Å². The summed E-state index contributed by atoms with van der Waals surface area (Å²) < 4.78 is 3.96. The molecule has 5 heteroatoms. The maximum Gasteiger partial charge on any atom is 0.157 e. The fourth-order valence-corrected chi connectivity index (χ4v) is 2.28. The summed E-state index contributed by atoms with van der Waals surface area (Å²) in [5.41, 5.74) is 6.05. The number of nitrogens with one attached hydrogen (secondary N) is 1. The highest BCUT2D eigenvalue weighted by molar-refractivity contribution is 7.10. The molecular weight excluding hydrogens is 196 g/mol. The largest absolute Gasteiger partial charge is 0.382 e. The highest BCUT2D eigenvalue weighted by Gasteiger charge is 2.28. The molecule has 1 aromatic rings. The average molecular weight is 208 g/mol. The molecule has 0 spiro atoms. The molecule has 0 aromatic carbocycles. The molecule has 1 aliphatic carbocycles. The van der Waals surface area contributed by atoms with E-state index in [1.165, 1.54) is 24.4 Å². The van der Waals surface area contributed by atoms with Crippen molar-refractivity contribution < 1.29 is 0 Å². The van der Waals surface area contributed by atoms with E-state index in [-0.39, 0.29) is 0 Å². The Kier molecular flexibility index (Phi) is 2.30. The normalized spacial score (nSPS) is 25.1. The molecule has 0 aliphatic heterocycles. The first-order valence-corrected chi connectivity index (χ1v) is 5.41. The van der Waals surface area contributed by atoms with E-state index in [2.05, 4.69) is 22.7 Å². The fourth-order valence-electron chi connectivity index (χ4n) is 1.56. The molecule has 2 rings (SSSR count). The minimum absolute atomic E-state index is 0.340. The SMILES string of the molecule is CC1CCC1Nc1snc(N)c1C#N. The molecule has 1 fully saturated rings. The van der Waals surface area contributed by atoms with E-state index in [1.807, 2.05) is 0 Å². The lowest BCUT2D eigenvalue weighted by Crippen LogP contribution is -2.36. The predicted molar refractivity (Wildman–Crippen MR) is 57.1 cm³/mol. The summed E-state index contributed by atoms with van der Waals surface area (Å²) >= 11 is 1.27. The van der Waals surface area contributed by atoms with Crippen molar-refractivity contribution >= 4 is 22.4 Å². The number of nitrogens with zero attached hydrogens (tertiary/aromatic N) is 2. The average Bonchev–Trinajstić information content (AvgIpc) is 2.53. The van der Waals surface area contributed by atoms with E-state index in [4.69, 9.17) is 11.0 Å². The van der Waals surface area contributed by atoms with Crippen LogP contribution in [0.5, 0.6) is 0 Å². The van der Waals surface area contributed by atoms with Gasteiger partial charge in [0.15, 0.2) is 5.82 Å². The lowest BCUT2D eigenvalue weighted by Gasteiger charge is -2.34. The maximum atomic E-state index is 8.85. The van der Waals surface area contributed by atoms with E-state index >= 15 is 0 Å². The number of hydrogen-bond donors (Lipinski definition) is 2. The van der Waals surface area contributed by atoms with Crippen LogP contribution >= 0.6 is 11.5 Å². The first kappa shape index (κ1) is 9.28. The Morgan fingerprint density at radius 1 is 1.64 bits per heavy atom. The zero-order valence-electron chi connectivity index (χ0n) is 7.95. The van der Waals surface area contributed by atoms with Crippen LogP contribution in [0.2, 0.25) is 0 Å². The van der Waals surface area contributed by atoms with Crippen molar-refractivity contribution in [3.05, 3.63) is 5.56 Å². The van der Waals surface area contributed by atoms with Gasteiger partial charge in [-0.3, -0.25) is 0 Å². The van der Waals surface area contributed by atoms with Gasteiger partial charge in [0.1, 0.15) is 16.6 Å². The van der Waals surface area contributed by atoms with Gasteiger partial charge in [-0.25, -0.2) is 0 Å². The molecule has 1 heterocycles. The van der Waals surface area contributed by atoms with Gasteiger partial charge >= 0.3 is 0 Å². The molecular formula is C9H12N4S. The quantitative estimate of drug-likeness (QED) is 0.777. The van der Waals surface area contributed by atoms with Crippen molar-refractivity contribution in [1.82, 2.24) is 4.37 Å². The van der Waals surface area contributed by atoms with Gasteiger partial charge in [0.2, 0.25) is 0 Å². The van der Waals surface area contributed by atoms with Crippen molar-refractivity contribution in [2.45, 2.75) is 25.8 Å². The lowest BCUT2D eigenvalue weighted by atomic mass is 9.81. The molecule has 74 valence electrons. The molecule has 2 unspecified atom stereocenters. The molecule has 0 bridgehead atoms. The molecule has 4 nitrogen and oxygen atoms in total. The lowest BCUT2D eigenvalue weighted by molar-refractivity contribution is 0.304. The van der Waals surface area contributed by atoms with Gasteiger partial charge in [0.05, 0.1) is 0 Å². The third kappa shape index (κ3) is 1.42. The standard InChI is InChI=1S/C9H12N4S/c1-5-2-3-7(5)12-9-6(4-10)8(11)13-14-9/h5,7,12H,2-3H2,1H3,(H2,11,13). The van der Waals surface area contributed by atoms with Crippen LogP contribution in [0.25, 0.3) is 0 Å². The number of nitrogens with two attached hydrogens (primary N) is 1. The van der Waals surface area contributed by atoms with E-state index in [1.54, 1.807) is 0 Å². The monoisotopic (exact) mass is 208 g/mol. The van der Waals surface area contributed by atoms with Crippen molar-refractivity contribution in [3.63, 3.8) is 0 Å². The second kappa shape index (κ2) is 3.46. The van der Waals surface area contributed by atoms with Crippen LogP contribution in [0.3, 0.4) is 0 Å². The van der Waals surface area contributed by atoms with Crippen molar-refractivity contribution in [2.24, 2.45) is 5.92 Å². The van der Waals surface area contributed by atoms with Crippen LogP contribution in [0.1, 0.15) is 25.3 Å². The third-order valence-electron chi connectivity index (χ3n) is 2.77. The molecule has 1 saturated carbocycles. The highest BCUT2D eigenvalue weighted by Crippen LogP contribution is 2.33. The Hall–Kier alpha value is -1.28. The van der Waals surface area contributed by atoms with E-state index in [9.17, 15) is 0 Å². The first-order chi connectivity index (χ1) is 6.72. The van der Waals surface area contributed by atoms with E-state index in [0.717, 1.165) is 5.00 Å². The number of aromatic nitrogens is 1. The van der Waals surface area contributed by atoms with Crippen LogP contribution < -0.4 is 11.1 Å². The minimum Gasteiger partial charge on any atom is -0.382 e. The molecule has 14 heavy (non-hydrogen) atoms. The van der Waals surface area contributed by atoms with Gasteiger partial charge in [0.25, 0.3) is 0 Å². The third-order valence-corrected chi connectivity index (χ3v) is 3.56. The van der Waals surface area contributed by atoms with Gasteiger partial charge in [0, 0.05) is 6.04 Å². The number of anilines is 2. The minimum atomic E-state index is 0.340. The maximum absolute atomic E-state index is 8.85. The number of rotatable bonds is 2. The summed E-state index contributed by atoms with van der Waals surface area (Å²) in [4.78, 5) is 0. The zero-order valence-corrected chi connectivity index (χ0v) is 8.77. The molecule has 0 saturated heterocycles. The van der Waals surface area contributed by atoms with E-state index in [0.29, 0.717) is 23.3 Å². The Morgan fingerprint density at radius 2 is 2.43 bits per heavy atom. The molecule has 1 aromatic heterocycles. The summed E-state index contributed by atoms with van der Waals surface area (Å²) in [5, 5.41) is 13.0. The molecule has 1 aliphatic rings. The fraction of sp³-hybridized carbons (Fsp3) is 0.556. The Labute approximate surface area is 86.9 Å². The Bertz CT molecular complexity index is 379. The van der Waals surface area contributed by atoms with Crippen LogP contribution in [0.15, 0.2) is 0 Å². The predicted octanol–water partition coefficient (Wildman–Crippen LogP) is 1.81. The van der Waals surface area contributed by atoms with Crippen molar-refractivity contribution in [3.8, 4) is 6.07 Å². The van der Waals surface area contributed by atoms with Gasteiger partial charge in [-0.1, -0.05) is 6.92 Å². The number of nitriles is 1. The zero-order chi connectivity index (χ0) is 10.1. The molecule has 0 amide bonds. The number of nitrogen functional groups attached to an aromatic ring is 1. The second-order valence-electron chi connectivity index (χ2n) is 3.69. The Balaban J connectivity index is 2.13. The van der Waals surface area contributed by atoms with Gasteiger partial charge in [-0.05, 0) is 30.3 Å². The van der Waals surface area contributed by atoms with E-state index < -0.39 is 0 Å². The van der Waals surface area contributed by atoms with Crippen LogP contribution in [-0.4, -0.2) is 10.4 Å². The molecule has 0 radical (unpaired) electrons. The van der Waals surface area contributed by atoms with Crippen LogP contribution in [-0.2, 0) is 0 Å². The first-order valence-electron chi connectivity index (χ1n) is 4.64. The summed E-state index contributed by atoms with van der Waals surface area (Å²) in [6, 6.07) is 2.56. The van der Waals surface area contributed by atoms with Gasteiger partial charge in [-0.2, -0.15) is 9.64 Å². The summed E-state index contributed by atoms with van der Waals surface area (Å²) in [6.45, 7) is 2.21. The smallest absolute Gasteiger partial charge is 0.157 e. The van der Waals surface area contributed by atoms with Crippen LogP contribution in [0, 0.1) is 17.2 Å². The second-order valence-corrected chi connectivity index (χ2v) is 4.46. The molecule has 3 N–H and O–H groups in total.